The third-order valence-electron chi connectivity index (χ3n) is 4.33. The van der Waals surface area contributed by atoms with Gasteiger partial charge in [-0.1, -0.05) is 18.2 Å². The van der Waals surface area contributed by atoms with E-state index in [-0.39, 0.29) is 24.4 Å². The molecule has 106 valence electrons. The highest BCUT2D eigenvalue weighted by molar-refractivity contribution is 5.95. The standard InChI is InChI=1S/C16H20N2O2/c1-10-3-4-12(7-11(10)2)9-18-14(19)8-17-16(20)15(18)13-5-6-13/h3-4,7,13,15H,5-6,8-9H2,1-2H3,(H,17,20). The Labute approximate surface area is 119 Å². The van der Waals surface area contributed by atoms with Crippen LogP contribution in [0.1, 0.15) is 29.5 Å². The fraction of sp³-hybridized carbons (Fsp3) is 0.500. The van der Waals surface area contributed by atoms with Crippen LogP contribution in [0.5, 0.6) is 0 Å². The minimum absolute atomic E-state index is 0.0101. The summed E-state index contributed by atoms with van der Waals surface area (Å²) < 4.78 is 0. The van der Waals surface area contributed by atoms with E-state index in [1.165, 1.54) is 11.1 Å². The summed E-state index contributed by atoms with van der Waals surface area (Å²) in [6.45, 7) is 4.81. The Hall–Kier alpha value is -1.84. The van der Waals surface area contributed by atoms with Gasteiger partial charge in [0.25, 0.3) is 0 Å². The number of amides is 2. The lowest BCUT2D eigenvalue weighted by Crippen LogP contribution is -2.58. The van der Waals surface area contributed by atoms with Crippen molar-refractivity contribution in [3.63, 3.8) is 0 Å². The number of nitrogens with zero attached hydrogens (tertiary/aromatic N) is 1. The number of nitrogens with one attached hydrogen (secondary N) is 1. The summed E-state index contributed by atoms with van der Waals surface area (Å²) in [6, 6.07) is 5.97. The molecule has 4 nitrogen and oxygen atoms in total. The number of hydrogen-bond donors (Lipinski definition) is 1. The third-order valence-corrected chi connectivity index (χ3v) is 4.33. The van der Waals surface area contributed by atoms with Gasteiger partial charge in [0.05, 0.1) is 6.54 Å². The molecule has 1 unspecified atom stereocenters. The van der Waals surface area contributed by atoms with Crippen molar-refractivity contribution in [3.05, 3.63) is 34.9 Å². The van der Waals surface area contributed by atoms with Gasteiger partial charge in [-0.15, -0.1) is 0 Å². The van der Waals surface area contributed by atoms with E-state index in [1.54, 1.807) is 4.90 Å². The average molecular weight is 272 g/mol. The van der Waals surface area contributed by atoms with Crippen molar-refractivity contribution in [1.29, 1.82) is 0 Å². The highest BCUT2D eigenvalue weighted by atomic mass is 16.2. The summed E-state index contributed by atoms with van der Waals surface area (Å²) in [4.78, 5) is 26.0. The Morgan fingerprint density at radius 3 is 2.60 bits per heavy atom. The van der Waals surface area contributed by atoms with Crippen molar-refractivity contribution in [2.24, 2.45) is 5.92 Å². The SMILES string of the molecule is Cc1ccc(CN2C(=O)CNC(=O)C2C2CC2)cc1C. The lowest BCUT2D eigenvalue weighted by atomic mass is 10.0. The zero-order valence-electron chi connectivity index (χ0n) is 12.0. The van der Waals surface area contributed by atoms with E-state index in [0.717, 1.165) is 18.4 Å². The quantitative estimate of drug-likeness (QED) is 0.907. The van der Waals surface area contributed by atoms with Gasteiger partial charge in [0.15, 0.2) is 0 Å². The summed E-state index contributed by atoms with van der Waals surface area (Å²) in [7, 11) is 0. The monoisotopic (exact) mass is 272 g/mol. The first-order valence-electron chi connectivity index (χ1n) is 7.19. The zero-order valence-corrected chi connectivity index (χ0v) is 12.0. The fourth-order valence-electron chi connectivity index (χ4n) is 2.83. The molecule has 1 aromatic carbocycles. The predicted molar refractivity (Wildman–Crippen MR) is 76.0 cm³/mol. The Bertz CT molecular complexity index is 564. The van der Waals surface area contributed by atoms with Crippen LogP contribution in [-0.2, 0) is 16.1 Å². The second-order valence-corrected chi connectivity index (χ2v) is 5.94. The van der Waals surface area contributed by atoms with Gasteiger partial charge in [0.1, 0.15) is 6.04 Å². The molecule has 1 aromatic rings. The van der Waals surface area contributed by atoms with Crippen molar-refractivity contribution in [3.8, 4) is 0 Å². The molecular weight excluding hydrogens is 252 g/mol. The molecule has 0 bridgehead atoms. The average Bonchev–Trinajstić information content (AvgIpc) is 3.23. The lowest BCUT2D eigenvalue weighted by Gasteiger charge is -2.35. The molecule has 4 heteroatoms. The number of hydrogen-bond acceptors (Lipinski definition) is 2. The first-order valence-corrected chi connectivity index (χ1v) is 7.19. The molecule has 1 N–H and O–H groups in total. The molecule has 1 saturated heterocycles. The van der Waals surface area contributed by atoms with E-state index < -0.39 is 0 Å². The molecule has 0 aromatic heterocycles. The number of carbonyl (C=O) groups is 2. The molecule has 0 spiro atoms. The van der Waals surface area contributed by atoms with Gasteiger partial charge in [-0.25, -0.2) is 0 Å². The summed E-state index contributed by atoms with van der Waals surface area (Å²) in [5.74, 6) is 0.390. The lowest BCUT2D eigenvalue weighted by molar-refractivity contribution is -0.147. The Kier molecular flexibility index (Phi) is 3.24. The van der Waals surface area contributed by atoms with Crippen LogP contribution in [0.25, 0.3) is 0 Å². The van der Waals surface area contributed by atoms with Gasteiger partial charge in [-0.2, -0.15) is 0 Å². The highest BCUT2D eigenvalue weighted by Crippen LogP contribution is 2.37. The van der Waals surface area contributed by atoms with Crippen LogP contribution < -0.4 is 5.32 Å². The Morgan fingerprint density at radius 1 is 1.20 bits per heavy atom. The summed E-state index contributed by atoms with van der Waals surface area (Å²) in [6.07, 6.45) is 2.10. The van der Waals surface area contributed by atoms with Crippen LogP contribution in [0.4, 0.5) is 0 Å². The molecule has 1 aliphatic carbocycles. The smallest absolute Gasteiger partial charge is 0.243 e. The first-order chi connectivity index (χ1) is 9.56. The van der Waals surface area contributed by atoms with E-state index in [4.69, 9.17) is 0 Å². The third kappa shape index (κ3) is 2.42. The topological polar surface area (TPSA) is 49.4 Å². The second-order valence-electron chi connectivity index (χ2n) is 5.94. The normalized spacial score (nSPS) is 22.9. The van der Waals surface area contributed by atoms with Gasteiger partial charge < -0.3 is 10.2 Å². The molecule has 2 fully saturated rings. The van der Waals surface area contributed by atoms with Gasteiger partial charge >= 0.3 is 0 Å². The second kappa shape index (κ2) is 4.93. The molecule has 2 amide bonds. The zero-order chi connectivity index (χ0) is 14.3. The molecule has 1 aliphatic heterocycles. The van der Waals surface area contributed by atoms with Crippen LogP contribution in [0.2, 0.25) is 0 Å². The van der Waals surface area contributed by atoms with Crippen molar-refractivity contribution in [2.75, 3.05) is 6.54 Å². The van der Waals surface area contributed by atoms with Crippen LogP contribution in [0.3, 0.4) is 0 Å². The molecule has 0 radical (unpaired) electrons. The maximum atomic E-state index is 12.1. The molecule has 1 saturated carbocycles. The predicted octanol–water partition coefficient (Wildman–Crippen LogP) is 1.54. The van der Waals surface area contributed by atoms with E-state index >= 15 is 0 Å². The van der Waals surface area contributed by atoms with Crippen molar-refractivity contribution in [1.82, 2.24) is 10.2 Å². The highest BCUT2D eigenvalue weighted by Gasteiger charge is 2.44. The maximum Gasteiger partial charge on any atom is 0.243 e. The summed E-state index contributed by atoms with van der Waals surface area (Å²) >= 11 is 0. The van der Waals surface area contributed by atoms with Crippen LogP contribution in [0, 0.1) is 19.8 Å². The molecule has 2 aliphatic rings. The Balaban J connectivity index is 1.83. The molecule has 3 rings (SSSR count). The van der Waals surface area contributed by atoms with Gasteiger partial charge in [-0.05, 0) is 49.3 Å². The van der Waals surface area contributed by atoms with E-state index in [0.29, 0.717) is 12.5 Å². The molecule has 20 heavy (non-hydrogen) atoms. The molecule has 1 heterocycles. The van der Waals surface area contributed by atoms with Crippen molar-refractivity contribution >= 4 is 11.8 Å². The van der Waals surface area contributed by atoms with Gasteiger partial charge in [0.2, 0.25) is 11.8 Å². The van der Waals surface area contributed by atoms with Crippen LogP contribution in [0.15, 0.2) is 18.2 Å². The largest absolute Gasteiger partial charge is 0.345 e. The number of piperazine rings is 1. The number of carbonyl (C=O) groups excluding carboxylic acids is 2. The summed E-state index contributed by atoms with van der Waals surface area (Å²) in [5, 5.41) is 2.71. The maximum absolute atomic E-state index is 12.1. The fourth-order valence-corrected chi connectivity index (χ4v) is 2.83. The summed E-state index contributed by atoms with van der Waals surface area (Å²) in [5.41, 5.74) is 3.57. The van der Waals surface area contributed by atoms with Gasteiger partial charge in [0, 0.05) is 6.54 Å². The van der Waals surface area contributed by atoms with Crippen molar-refractivity contribution in [2.45, 2.75) is 39.3 Å². The number of aryl methyl sites for hydroxylation is 2. The van der Waals surface area contributed by atoms with E-state index in [1.807, 2.05) is 6.07 Å². The number of rotatable bonds is 3. The minimum Gasteiger partial charge on any atom is -0.345 e. The van der Waals surface area contributed by atoms with E-state index in [2.05, 4.69) is 31.3 Å². The van der Waals surface area contributed by atoms with E-state index in [9.17, 15) is 9.59 Å². The Morgan fingerprint density at radius 2 is 1.95 bits per heavy atom. The van der Waals surface area contributed by atoms with Gasteiger partial charge in [-0.3, -0.25) is 9.59 Å². The minimum atomic E-state index is -0.266. The van der Waals surface area contributed by atoms with Crippen molar-refractivity contribution < 1.29 is 9.59 Å². The molecular formula is C16H20N2O2. The van der Waals surface area contributed by atoms with Crippen LogP contribution >= 0.6 is 0 Å². The first kappa shape index (κ1) is 13.2. The molecule has 1 atom stereocenters. The number of benzene rings is 1. The van der Waals surface area contributed by atoms with Crippen LogP contribution in [-0.4, -0.2) is 29.3 Å².